The van der Waals surface area contributed by atoms with Crippen molar-refractivity contribution in [2.75, 3.05) is 0 Å². The van der Waals surface area contributed by atoms with E-state index in [4.69, 9.17) is 21.3 Å². The summed E-state index contributed by atoms with van der Waals surface area (Å²) in [4.78, 5) is 9.46. The number of ether oxygens (including phenoxy) is 1. The number of aryl methyl sites for hydroxylation is 1. The summed E-state index contributed by atoms with van der Waals surface area (Å²) in [6.45, 7) is 0. The van der Waals surface area contributed by atoms with E-state index in [0.29, 0.717) is 23.3 Å². The van der Waals surface area contributed by atoms with Crippen LogP contribution >= 0.6 is 11.6 Å². The maximum atomic E-state index is 6.41. The van der Waals surface area contributed by atoms with Crippen LogP contribution in [-0.2, 0) is 17.6 Å². The molecular weight excluding hydrogens is 260 g/mol. The first-order valence-corrected chi connectivity index (χ1v) is 7.89. The molecule has 3 unspecified atom stereocenters. The summed E-state index contributed by atoms with van der Waals surface area (Å²) < 4.78 is 5.92. The fourth-order valence-electron chi connectivity index (χ4n) is 3.82. The maximum absolute atomic E-state index is 6.41. The fraction of sp³-hybridized carbons (Fsp3) is 0.733. The molecule has 1 aromatic rings. The molecule has 0 N–H and O–H groups in total. The number of hydrogen-bond acceptors (Lipinski definition) is 3. The molecule has 19 heavy (non-hydrogen) atoms. The largest absolute Gasteiger partial charge is 0.374 e. The van der Waals surface area contributed by atoms with Crippen LogP contribution in [0, 0.1) is 0 Å². The van der Waals surface area contributed by atoms with Crippen LogP contribution in [0.4, 0.5) is 0 Å². The summed E-state index contributed by atoms with van der Waals surface area (Å²) in [5.41, 5.74) is 2.40. The standard InChI is InChI=1S/C15H19ClN2O/c16-14-10-4-2-1-3-5-12(10)17-15(18-14)11-8-9-6-7-13(11)19-9/h9,11,13H,1-8H2. The highest BCUT2D eigenvalue weighted by atomic mass is 35.5. The third-order valence-electron chi connectivity index (χ3n) is 4.84. The number of hydrogen-bond donors (Lipinski definition) is 0. The average Bonchev–Trinajstić information content (AvgIpc) is 2.95. The van der Waals surface area contributed by atoms with E-state index in [2.05, 4.69) is 4.98 Å². The fourth-order valence-corrected chi connectivity index (χ4v) is 4.11. The van der Waals surface area contributed by atoms with E-state index in [1.165, 1.54) is 36.9 Å². The molecule has 3 atom stereocenters. The molecule has 2 fully saturated rings. The van der Waals surface area contributed by atoms with Crippen molar-refractivity contribution in [3.05, 3.63) is 22.2 Å². The van der Waals surface area contributed by atoms with Crippen molar-refractivity contribution in [1.82, 2.24) is 9.97 Å². The summed E-state index contributed by atoms with van der Waals surface area (Å²) >= 11 is 6.41. The molecule has 4 rings (SSSR count). The van der Waals surface area contributed by atoms with Crippen LogP contribution in [0.1, 0.15) is 61.5 Å². The predicted octanol–water partition coefficient (Wildman–Crippen LogP) is 3.43. The van der Waals surface area contributed by atoms with Crippen LogP contribution in [0.3, 0.4) is 0 Å². The van der Waals surface area contributed by atoms with Crippen LogP contribution in [0.2, 0.25) is 5.15 Å². The maximum Gasteiger partial charge on any atom is 0.136 e. The van der Waals surface area contributed by atoms with Crippen molar-refractivity contribution in [2.45, 2.75) is 69.5 Å². The molecule has 2 bridgehead atoms. The van der Waals surface area contributed by atoms with E-state index in [1.807, 2.05) is 0 Å². The minimum Gasteiger partial charge on any atom is -0.374 e. The summed E-state index contributed by atoms with van der Waals surface area (Å²) in [5, 5.41) is 0.699. The number of aromatic nitrogens is 2. The van der Waals surface area contributed by atoms with Crippen molar-refractivity contribution in [3.8, 4) is 0 Å². The third kappa shape index (κ3) is 2.07. The van der Waals surface area contributed by atoms with E-state index >= 15 is 0 Å². The minimum absolute atomic E-state index is 0.338. The Morgan fingerprint density at radius 2 is 1.95 bits per heavy atom. The number of halogens is 1. The van der Waals surface area contributed by atoms with Gasteiger partial charge in [-0.25, -0.2) is 9.97 Å². The summed E-state index contributed by atoms with van der Waals surface area (Å²) in [6, 6.07) is 0. The number of rotatable bonds is 1. The summed E-state index contributed by atoms with van der Waals surface area (Å²) in [7, 11) is 0. The number of nitrogens with zero attached hydrogens (tertiary/aromatic N) is 2. The second kappa shape index (κ2) is 4.71. The van der Waals surface area contributed by atoms with Crippen molar-refractivity contribution in [2.24, 2.45) is 0 Å². The molecule has 0 amide bonds. The first-order chi connectivity index (χ1) is 9.31. The van der Waals surface area contributed by atoms with E-state index in [1.54, 1.807) is 0 Å². The smallest absolute Gasteiger partial charge is 0.136 e. The lowest BCUT2D eigenvalue weighted by Crippen LogP contribution is -2.18. The zero-order valence-corrected chi connectivity index (χ0v) is 11.8. The van der Waals surface area contributed by atoms with Gasteiger partial charge >= 0.3 is 0 Å². The second-order valence-electron chi connectivity index (χ2n) is 6.07. The Morgan fingerprint density at radius 3 is 2.74 bits per heavy atom. The topological polar surface area (TPSA) is 35.0 Å². The van der Waals surface area contributed by atoms with Gasteiger partial charge in [-0.2, -0.15) is 0 Å². The molecule has 2 saturated heterocycles. The second-order valence-corrected chi connectivity index (χ2v) is 6.43. The Kier molecular flexibility index (Phi) is 3.00. The monoisotopic (exact) mass is 278 g/mol. The lowest BCUT2D eigenvalue weighted by atomic mass is 9.88. The van der Waals surface area contributed by atoms with Crippen molar-refractivity contribution in [3.63, 3.8) is 0 Å². The quantitative estimate of drug-likeness (QED) is 0.583. The highest BCUT2D eigenvalue weighted by Gasteiger charge is 2.43. The molecule has 0 saturated carbocycles. The lowest BCUT2D eigenvalue weighted by Gasteiger charge is -2.19. The van der Waals surface area contributed by atoms with E-state index in [9.17, 15) is 0 Å². The molecule has 4 heteroatoms. The third-order valence-corrected chi connectivity index (χ3v) is 5.15. The van der Waals surface area contributed by atoms with Gasteiger partial charge in [-0.15, -0.1) is 0 Å². The SMILES string of the molecule is Clc1nc(C2CC3CCC2O3)nc2c1CCCCC2. The molecular formula is C15H19ClN2O. The highest BCUT2D eigenvalue weighted by molar-refractivity contribution is 6.30. The van der Waals surface area contributed by atoms with E-state index in [-0.39, 0.29) is 0 Å². The first-order valence-electron chi connectivity index (χ1n) is 7.52. The van der Waals surface area contributed by atoms with Gasteiger partial charge in [-0.3, -0.25) is 0 Å². The van der Waals surface area contributed by atoms with Crippen LogP contribution in [0.25, 0.3) is 0 Å². The zero-order valence-electron chi connectivity index (χ0n) is 11.1. The van der Waals surface area contributed by atoms with Gasteiger partial charge in [0.15, 0.2) is 0 Å². The normalized spacial score (nSPS) is 33.2. The number of fused-ring (bicyclic) bond motifs is 3. The minimum atomic E-state index is 0.338. The molecule has 1 aromatic heterocycles. The van der Waals surface area contributed by atoms with Gasteiger partial charge in [0.2, 0.25) is 0 Å². The molecule has 3 nitrogen and oxygen atoms in total. The Morgan fingerprint density at radius 1 is 1.05 bits per heavy atom. The van der Waals surface area contributed by atoms with Gasteiger partial charge < -0.3 is 4.74 Å². The van der Waals surface area contributed by atoms with Gasteiger partial charge in [0, 0.05) is 17.2 Å². The molecule has 1 aliphatic carbocycles. The molecule has 102 valence electrons. The van der Waals surface area contributed by atoms with Gasteiger partial charge in [-0.05, 0) is 44.9 Å². The van der Waals surface area contributed by atoms with Gasteiger partial charge in [0.05, 0.1) is 12.2 Å². The molecule has 0 radical (unpaired) electrons. The lowest BCUT2D eigenvalue weighted by molar-refractivity contribution is 0.0998. The first kappa shape index (κ1) is 12.1. The summed E-state index contributed by atoms with van der Waals surface area (Å²) in [6.07, 6.45) is 10.1. The zero-order chi connectivity index (χ0) is 12.8. The van der Waals surface area contributed by atoms with E-state index in [0.717, 1.165) is 31.5 Å². The van der Waals surface area contributed by atoms with Crippen LogP contribution < -0.4 is 0 Å². The Balaban J connectivity index is 1.70. The molecule has 3 aliphatic rings. The molecule has 3 heterocycles. The van der Waals surface area contributed by atoms with Gasteiger partial charge in [-0.1, -0.05) is 18.0 Å². The van der Waals surface area contributed by atoms with E-state index < -0.39 is 0 Å². The molecule has 0 spiro atoms. The molecule has 0 aromatic carbocycles. The average molecular weight is 279 g/mol. The Bertz CT molecular complexity index is 505. The highest BCUT2D eigenvalue weighted by Crippen LogP contribution is 2.44. The summed E-state index contributed by atoms with van der Waals surface area (Å²) in [5.74, 6) is 1.32. The Labute approximate surface area is 118 Å². The van der Waals surface area contributed by atoms with Crippen molar-refractivity contribution >= 4 is 11.6 Å². The van der Waals surface area contributed by atoms with Gasteiger partial charge in [0.1, 0.15) is 11.0 Å². The Hall–Kier alpha value is -0.670. The van der Waals surface area contributed by atoms with Crippen LogP contribution in [-0.4, -0.2) is 22.2 Å². The van der Waals surface area contributed by atoms with Crippen molar-refractivity contribution in [1.29, 1.82) is 0 Å². The van der Waals surface area contributed by atoms with Gasteiger partial charge in [0.25, 0.3) is 0 Å². The van der Waals surface area contributed by atoms with Crippen LogP contribution in [0.15, 0.2) is 0 Å². The molecule has 2 aliphatic heterocycles. The van der Waals surface area contributed by atoms with Crippen molar-refractivity contribution < 1.29 is 4.74 Å². The van der Waals surface area contributed by atoms with Crippen LogP contribution in [0.5, 0.6) is 0 Å². The predicted molar refractivity (Wildman–Crippen MR) is 73.6 cm³/mol.